The van der Waals surface area contributed by atoms with Crippen molar-refractivity contribution in [3.05, 3.63) is 64.1 Å². The average Bonchev–Trinajstić information content (AvgIpc) is 2.52. The number of hydrogen-bond donors (Lipinski definition) is 2. The Bertz CT molecular complexity index is 617. The summed E-state index contributed by atoms with van der Waals surface area (Å²) in [6.07, 6.45) is 0. The zero-order valence-electron chi connectivity index (χ0n) is 11.7. The molecule has 0 saturated heterocycles. The van der Waals surface area contributed by atoms with E-state index in [4.69, 9.17) is 10.5 Å². The molecule has 0 bridgehead atoms. The van der Waals surface area contributed by atoms with Crippen molar-refractivity contribution in [2.75, 3.05) is 13.7 Å². The molecule has 0 aliphatic carbocycles. The zero-order chi connectivity index (χ0) is 15.2. The first-order valence-electron chi connectivity index (χ1n) is 6.54. The molecule has 0 aliphatic rings. The third-order valence-corrected chi connectivity index (χ3v) is 3.61. The number of nitrogens with two attached hydrogens (primary N) is 1. The minimum atomic E-state index is -0.239. The number of hydrogen-bond acceptors (Lipinski definition) is 3. The highest BCUT2D eigenvalue weighted by Crippen LogP contribution is 2.23. The van der Waals surface area contributed by atoms with Gasteiger partial charge in [0.2, 0.25) is 0 Å². The van der Waals surface area contributed by atoms with E-state index in [0.29, 0.717) is 17.9 Å². The van der Waals surface area contributed by atoms with Crippen LogP contribution in [0.2, 0.25) is 0 Å². The highest BCUT2D eigenvalue weighted by Gasteiger charge is 2.14. The Morgan fingerprint density at radius 3 is 2.67 bits per heavy atom. The third kappa shape index (κ3) is 4.06. The largest absolute Gasteiger partial charge is 0.496 e. The van der Waals surface area contributed by atoms with Gasteiger partial charge in [0.05, 0.1) is 12.7 Å². The molecule has 0 fully saturated rings. The second kappa shape index (κ2) is 7.24. The van der Waals surface area contributed by atoms with Crippen LogP contribution in [0.5, 0.6) is 5.75 Å². The Balaban J connectivity index is 2.02. The summed E-state index contributed by atoms with van der Waals surface area (Å²) >= 11 is 3.35. The Hall–Kier alpha value is -1.85. The molecule has 2 aromatic rings. The molecule has 0 heterocycles. The van der Waals surface area contributed by atoms with E-state index in [2.05, 4.69) is 21.2 Å². The smallest absolute Gasteiger partial charge is 0.255 e. The summed E-state index contributed by atoms with van der Waals surface area (Å²) in [5.74, 6) is 0.320. The van der Waals surface area contributed by atoms with E-state index >= 15 is 0 Å². The van der Waals surface area contributed by atoms with Crippen LogP contribution in [-0.2, 0) is 0 Å². The lowest BCUT2D eigenvalue weighted by atomic mass is 10.1. The van der Waals surface area contributed by atoms with Crippen molar-refractivity contribution in [2.45, 2.75) is 6.04 Å². The lowest BCUT2D eigenvalue weighted by Gasteiger charge is -2.14. The predicted octanol–water partition coefficient (Wildman–Crippen LogP) is 2.89. The highest BCUT2D eigenvalue weighted by atomic mass is 79.9. The van der Waals surface area contributed by atoms with Gasteiger partial charge in [-0.1, -0.05) is 46.3 Å². The molecule has 4 nitrogen and oxygen atoms in total. The van der Waals surface area contributed by atoms with Crippen molar-refractivity contribution < 1.29 is 9.53 Å². The average molecular weight is 349 g/mol. The molecule has 110 valence electrons. The van der Waals surface area contributed by atoms with Crippen molar-refractivity contribution in [3.8, 4) is 5.75 Å². The summed E-state index contributed by atoms with van der Waals surface area (Å²) in [5, 5.41) is 2.83. The standard InChI is InChI=1S/C16H17BrN2O2/c1-21-15-9-12(17)7-8-13(15)16(20)19-10-14(18)11-5-3-2-4-6-11/h2-9,14H,10,18H2,1H3,(H,19,20). The molecule has 5 heteroatoms. The third-order valence-electron chi connectivity index (χ3n) is 3.12. The molecule has 2 rings (SSSR count). The summed E-state index contributed by atoms with van der Waals surface area (Å²) in [7, 11) is 1.54. The molecule has 2 aromatic carbocycles. The first-order valence-corrected chi connectivity index (χ1v) is 7.33. The number of carbonyl (C=O) groups excluding carboxylic acids is 1. The molecule has 0 radical (unpaired) electrons. The summed E-state index contributed by atoms with van der Waals surface area (Å²) in [5.41, 5.74) is 7.54. The monoisotopic (exact) mass is 348 g/mol. The zero-order valence-corrected chi connectivity index (χ0v) is 13.3. The van der Waals surface area contributed by atoms with E-state index in [-0.39, 0.29) is 11.9 Å². The lowest BCUT2D eigenvalue weighted by molar-refractivity contribution is 0.0948. The van der Waals surface area contributed by atoms with Crippen LogP contribution in [0.25, 0.3) is 0 Å². The first kappa shape index (κ1) is 15.5. The number of methoxy groups -OCH3 is 1. The van der Waals surface area contributed by atoms with Gasteiger partial charge in [-0.15, -0.1) is 0 Å². The van der Waals surface area contributed by atoms with Crippen LogP contribution in [0.3, 0.4) is 0 Å². The molecular formula is C16H17BrN2O2. The normalized spacial score (nSPS) is 11.8. The fourth-order valence-electron chi connectivity index (χ4n) is 1.97. The van der Waals surface area contributed by atoms with Crippen LogP contribution in [0.4, 0.5) is 0 Å². The van der Waals surface area contributed by atoms with Gasteiger partial charge in [0.1, 0.15) is 5.75 Å². The maximum atomic E-state index is 12.2. The van der Waals surface area contributed by atoms with Gasteiger partial charge >= 0.3 is 0 Å². The van der Waals surface area contributed by atoms with Crippen LogP contribution in [0.15, 0.2) is 53.0 Å². The predicted molar refractivity (Wildman–Crippen MR) is 86.4 cm³/mol. The van der Waals surface area contributed by atoms with Gasteiger partial charge in [-0.3, -0.25) is 4.79 Å². The summed E-state index contributed by atoms with van der Waals surface area (Å²) in [6, 6.07) is 14.7. The maximum absolute atomic E-state index is 12.2. The van der Waals surface area contributed by atoms with Crippen LogP contribution in [0, 0.1) is 0 Å². The summed E-state index contributed by atoms with van der Waals surface area (Å²) < 4.78 is 6.07. The Morgan fingerprint density at radius 2 is 2.00 bits per heavy atom. The van der Waals surface area contributed by atoms with E-state index in [1.165, 1.54) is 7.11 Å². The van der Waals surface area contributed by atoms with E-state index in [1.54, 1.807) is 18.2 Å². The van der Waals surface area contributed by atoms with Gasteiger partial charge in [-0.2, -0.15) is 0 Å². The highest BCUT2D eigenvalue weighted by molar-refractivity contribution is 9.10. The van der Waals surface area contributed by atoms with Crippen molar-refractivity contribution in [3.63, 3.8) is 0 Å². The number of ether oxygens (including phenoxy) is 1. The molecule has 1 amide bonds. The second-order valence-electron chi connectivity index (χ2n) is 4.57. The molecule has 0 aromatic heterocycles. The quantitative estimate of drug-likeness (QED) is 0.873. The van der Waals surface area contributed by atoms with Crippen LogP contribution >= 0.6 is 15.9 Å². The van der Waals surface area contributed by atoms with Crippen molar-refractivity contribution in [2.24, 2.45) is 5.73 Å². The molecule has 3 N–H and O–H groups in total. The van der Waals surface area contributed by atoms with Gasteiger partial charge in [-0.25, -0.2) is 0 Å². The number of amides is 1. The maximum Gasteiger partial charge on any atom is 0.255 e. The number of carbonyl (C=O) groups is 1. The number of halogens is 1. The van der Waals surface area contributed by atoms with Crippen LogP contribution < -0.4 is 15.8 Å². The number of benzene rings is 2. The van der Waals surface area contributed by atoms with E-state index in [9.17, 15) is 4.79 Å². The van der Waals surface area contributed by atoms with Gasteiger partial charge in [0.25, 0.3) is 5.91 Å². The van der Waals surface area contributed by atoms with E-state index in [1.807, 2.05) is 30.3 Å². The topological polar surface area (TPSA) is 64.3 Å². The minimum Gasteiger partial charge on any atom is -0.496 e. The van der Waals surface area contributed by atoms with Crippen LogP contribution in [0.1, 0.15) is 22.0 Å². The molecule has 0 spiro atoms. The van der Waals surface area contributed by atoms with Crippen molar-refractivity contribution in [1.82, 2.24) is 5.32 Å². The van der Waals surface area contributed by atoms with E-state index < -0.39 is 0 Å². The van der Waals surface area contributed by atoms with Crippen molar-refractivity contribution in [1.29, 1.82) is 0 Å². The van der Waals surface area contributed by atoms with Gasteiger partial charge < -0.3 is 15.8 Å². The number of nitrogens with one attached hydrogen (secondary N) is 1. The fourth-order valence-corrected chi connectivity index (χ4v) is 2.31. The van der Waals surface area contributed by atoms with Gasteiger partial charge in [0.15, 0.2) is 0 Å². The number of rotatable bonds is 5. The van der Waals surface area contributed by atoms with Crippen molar-refractivity contribution >= 4 is 21.8 Å². The van der Waals surface area contributed by atoms with E-state index in [0.717, 1.165) is 10.0 Å². The molecule has 0 saturated carbocycles. The Kier molecular flexibility index (Phi) is 5.36. The molecule has 0 aliphatic heterocycles. The Morgan fingerprint density at radius 1 is 1.29 bits per heavy atom. The first-order chi connectivity index (χ1) is 10.1. The van der Waals surface area contributed by atoms with Gasteiger partial charge in [-0.05, 0) is 23.8 Å². The van der Waals surface area contributed by atoms with Gasteiger partial charge in [0, 0.05) is 17.1 Å². The summed E-state index contributed by atoms with van der Waals surface area (Å²) in [4.78, 5) is 12.2. The minimum absolute atomic E-state index is 0.203. The fraction of sp³-hybridized carbons (Fsp3) is 0.188. The molecule has 1 atom stereocenters. The summed E-state index contributed by atoms with van der Waals surface area (Å²) in [6.45, 7) is 0.363. The molecule has 1 unspecified atom stereocenters. The molecular weight excluding hydrogens is 332 g/mol. The SMILES string of the molecule is COc1cc(Br)ccc1C(=O)NCC(N)c1ccccc1. The Labute approximate surface area is 132 Å². The lowest BCUT2D eigenvalue weighted by Crippen LogP contribution is -2.32. The van der Waals surface area contributed by atoms with Crippen LogP contribution in [-0.4, -0.2) is 19.6 Å². The second-order valence-corrected chi connectivity index (χ2v) is 5.49. The molecule has 21 heavy (non-hydrogen) atoms.